The number of carbonyl (C=O) groups excluding carboxylic acids is 1. The highest BCUT2D eigenvalue weighted by Crippen LogP contribution is 2.21. The molecule has 0 bridgehead atoms. The van der Waals surface area contributed by atoms with Gasteiger partial charge in [-0.2, -0.15) is 0 Å². The predicted octanol–water partition coefficient (Wildman–Crippen LogP) is 4.46. The second-order valence-electron chi connectivity index (χ2n) is 6.06. The van der Waals surface area contributed by atoms with E-state index in [2.05, 4.69) is 33.2 Å². The van der Waals surface area contributed by atoms with Crippen LogP contribution in [0, 0.1) is 5.92 Å². The lowest BCUT2D eigenvalue weighted by Crippen LogP contribution is -2.39. The van der Waals surface area contributed by atoms with Gasteiger partial charge in [0.15, 0.2) is 0 Å². The lowest BCUT2D eigenvalue weighted by Gasteiger charge is -2.30. The van der Waals surface area contributed by atoms with Gasteiger partial charge in [0.2, 0.25) is 0 Å². The van der Waals surface area contributed by atoms with Gasteiger partial charge in [-0.1, -0.05) is 22.9 Å². The summed E-state index contributed by atoms with van der Waals surface area (Å²) in [6, 6.07) is 11.6. The van der Waals surface area contributed by atoms with E-state index < -0.39 is 0 Å². The van der Waals surface area contributed by atoms with Crippen molar-refractivity contribution in [2.75, 3.05) is 18.4 Å². The van der Waals surface area contributed by atoms with Gasteiger partial charge in [0, 0.05) is 35.1 Å². The highest BCUT2D eigenvalue weighted by Gasteiger charge is 2.22. The van der Waals surface area contributed by atoms with Crippen molar-refractivity contribution in [3.63, 3.8) is 0 Å². The molecule has 5 heteroatoms. The van der Waals surface area contributed by atoms with Crippen LogP contribution in [-0.4, -0.2) is 28.9 Å². The molecule has 0 saturated carbocycles. The van der Waals surface area contributed by atoms with Crippen LogP contribution in [0.1, 0.15) is 30.3 Å². The molecule has 1 saturated heterocycles. The number of nitrogens with zero attached hydrogens (tertiary/aromatic N) is 2. The van der Waals surface area contributed by atoms with Crippen molar-refractivity contribution in [1.82, 2.24) is 9.88 Å². The van der Waals surface area contributed by atoms with E-state index in [0.29, 0.717) is 11.6 Å². The van der Waals surface area contributed by atoms with E-state index in [1.165, 1.54) is 6.42 Å². The van der Waals surface area contributed by atoms with Gasteiger partial charge in [0.05, 0.1) is 0 Å². The molecule has 0 radical (unpaired) electrons. The summed E-state index contributed by atoms with van der Waals surface area (Å²) in [7, 11) is 0. The predicted molar refractivity (Wildman–Crippen MR) is 96.0 cm³/mol. The Morgan fingerprint density at radius 1 is 1.26 bits per heavy atom. The third kappa shape index (κ3) is 4.10. The molecule has 1 aromatic carbocycles. The van der Waals surface area contributed by atoms with Crippen molar-refractivity contribution in [2.45, 2.75) is 19.8 Å². The van der Waals surface area contributed by atoms with E-state index in [1.807, 2.05) is 41.3 Å². The molecule has 0 spiro atoms. The molecule has 120 valence electrons. The number of nitrogens with one attached hydrogen (secondary N) is 1. The minimum absolute atomic E-state index is 0.0241. The summed E-state index contributed by atoms with van der Waals surface area (Å²) in [6.45, 7) is 3.85. The zero-order valence-electron chi connectivity index (χ0n) is 13.1. The fourth-order valence-corrected chi connectivity index (χ4v) is 3.13. The smallest absolute Gasteiger partial charge is 0.272 e. The number of rotatable bonds is 3. The van der Waals surface area contributed by atoms with Crippen LogP contribution in [0.5, 0.6) is 0 Å². The number of pyridine rings is 1. The number of likely N-dealkylation sites (tertiary alicyclic amines) is 1. The first-order valence-electron chi connectivity index (χ1n) is 7.90. The van der Waals surface area contributed by atoms with Crippen molar-refractivity contribution >= 4 is 33.2 Å². The van der Waals surface area contributed by atoms with Crippen LogP contribution in [-0.2, 0) is 0 Å². The summed E-state index contributed by atoms with van der Waals surface area (Å²) in [4.78, 5) is 18.8. The highest BCUT2D eigenvalue weighted by atomic mass is 79.9. The fraction of sp³-hybridized carbons (Fsp3) is 0.333. The lowest BCUT2D eigenvalue weighted by molar-refractivity contribution is 0.0677. The Bertz CT molecular complexity index is 687. The van der Waals surface area contributed by atoms with Gasteiger partial charge in [0.1, 0.15) is 5.69 Å². The molecule has 2 heterocycles. The molecule has 1 fully saturated rings. The van der Waals surface area contributed by atoms with Crippen molar-refractivity contribution in [2.24, 2.45) is 5.92 Å². The third-order valence-corrected chi connectivity index (χ3v) is 4.58. The van der Waals surface area contributed by atoms with E-state index in [0.717, 1.165) is 35.4 Å². The first-order valence-corrected chi connectivity index (χ1v) is 8.69. The molecular weight excluding hydrogens is 354 g/mol. The molecular formula is C18H20BrN3O. The molecule has 1 amide bonds. The van der Waals surface area contributed by atoms with Crippen LogP contribution in [0.25, 0.3) is 0 Å². The number of hydrogen-bond acceptors (Lipinski definition) is 3. The van der Waals surface area contributed by atoms with Crippen LogP contribution in [0.2, 0.25) is 0 Å². The SMILES string of the molecule is CC1CCCN(C(=O)c2cc(Nc3ccc(Br)cc3)ccn2)C1. The fourth-order valence-electron chi connectivity index (χ4n) is 2.86. The number of piperidine rings is 1. The molecule has 3 rings (SSSR count). The second-order valence-corrected chi connectivity index (χ2v) is 6.98. The third-order valence-electron chi connectivity index (χ3n) is 4.06. The van der Waals surface area contributed by atoms with Crippen LogP contribution >= 0.6 is 15.9 Å². The van der Waals surface area contributed by atoms with Crippen LogP contribution < -0.4 is 5.32 Å². The first-order chi connectivity index (χ1) is 11.1. The quantitative estimate of drug-likeness (QED) is 0.863. The molecule has 23 heavy (non-hydrogen) atoms. The van der Waals surface area contributed by atoms with Crippen molar-refractivity contribution in [3.05, 3.63) is 52.8 Å². The normalized spacial score (nSPS) is 17.8. The molecule has 1 aromatic heterocycles. The Kier molecular flexibility index (Phi) is 4.96. The molecule has 1 aliphatic heterocycles. The zero-order valence-corrected chi connectivity index (χ0v) is 14.7. The standard InChI is InChI=1S/C18H20BrN3O/c1-13-3-2-10-22(12-13)18(23)17-11-16(8-9-20-17)21-15-6-4-14(19)5-7-15/h4-9,11,13H,2-3,10,12H2,1H3,(H,20,21). The summed E-state index contributed by atoms with van der Waals surface area (Å²) in [5.74, 6) is 0.591. The van der Waals surface area contributed by atoms with E-state index in [1.54, 1.807) is 6.20 Å². The molecule has 1 N–H and O–H groups in total. The largest absolute Gasteiger partial charge is 0.355 e. The Morgan fingerprint density at radius 3 is 2.78 bits per heavy atom. The van der Waals surface area contributed by atoms with Gasteiger partial charge >= 0.3 is 0 Å². The van der Waals surface area contributed by atoms with E-state index in [-0.39, 0.29) is 5.91 Å². The maximum absolute atomic E-state index is 12.6. The van der Waals surface area contributed by atoms with Gasteiger partial charge in [-0.05, 0) is 55.2 Å². The van der Waals surface area contributed by atoms with Gasteiger partial charge in [0.25, 0.3) is 5.91 Å². The number of benzene rings is 1. The van der Waals surface area contributed by atoms with Crippen LogP contribution in [0.4, 0.5) is 11.4 Å². The Labute approximate surface area is 145 Å². The van der Waals surface area contributed by atoms with Gasteiger partial charge in [-0.3, -0.25) is 9.78 Å². The van der Waals surface area contributed by atoms with Crippen molar-refractivity contribution < 1.29 is 4.79 Å². The lowest BCUT2D eigenvalue weighted by atomic mass is 10.00. The maximum atomic E-state index is 12.6. The Morgan fingerprint density at radius 2 is 2.04 bits per heavy atom. The molecule has 0 aliphatic carbocycles. The second kappa shape index (κ2) is 7.13. The Hall–Kier alpha value is -1.88. The molecule has 4 nitrogen and oxygen atoms in total. The number of anilines is 2. The number of amides is 1. The van der Waals surface area contributed by atoms with E-state index in [4.69, 9.17) is 0 Å². The minimum atomic E-state index is 0.0241. The molecule has 1 unspecified atom stereocenters. The first kappa shape index (κ1) is 16.0. The highest BCUT2D eigenvalue weighted by molar-refractivity contribution is 9.10. The summed E-state index contributed by atoms with van der Waals surface area (Å²) < 4.78 is 1.04. The average molecular weight is 374 g/mol. The van der Waals surface area contributed by atoms with Gasteiger partial charge in [-0.15, -0.1) is 0 Å². The summed E-state index contributed by atoms with van der Waals surface area (Å²) in [5, 5.41) is 3.31. The Balaban J connectivity index is 1.74. The number of carbonyl (C=O) groups is 1. The number of aromatic nitrogens is 1. The van der Waals surface area contributed by atoms with Crippen LogP contribution in [0.3, 0.4) is 0 Å². The number of hydrogen-bond donors (Lipinski definition) is 1. The van der Waals surface area contributed by atoms with Crippen molar-refractivity contribution in [3.8, 4) is 0 Å². The maximum Gasteiger partial charge on any atom is 0.272 e. The minimum Gasteiger partial charge on any atom is -0.355 e. The topological polar surface area (TPSA) is 45.2 Å². The van der Waals surface area contributed by atoms with E-state index >= 15 is 0 Å². The van der Waals surface area contributed by atoms with Crippen molar-refractivity contribution in [1.29, 1.82) is 0 Å². The van der Waals surface area contributed by atoms with Gasteiger partial charge < -0.3 is 10.2 Å². The zero-order chi connectivity index (χ0) is 16.2. The molecule has 2 aromatic rings. The summed E-state index contributed by atoms with van der Waals surface area (Å²) in [6.07, 6.45) is 3.95. The average Bonchev–Trinajstić information content (AvgIpc) is 2.56. The molecule has 1 aliphatic rings. The van der Waals surface area contributed by atoms with E-state index in [9.17, 15) is 4.79 Å². The summed E-state index contributed by atoms with van der Waals surface area (Å²) >= 11 is 3.42. The van der Waals surface area contributed by atoms with Gasteiger partial charge in [-0.25, -0.2) is 0 Å². The monoisotopic (exact) mass is 373 g/mol. The number of halogens is 1. The van der Waals surface area contributed by atoms with Crippen LogP contribution in [0.15, 0.2) is 47.1 Å². The summed E-state index contributed by atoms with van der Waals surface area (Å²) in [5.41, 5.74) is 2.35. The molecule has 1 atom stereocenters.